The molecule has 1 aliphatic heterocycles. The van der Waals surface area contributed by atoms with E-state index in [4.69, 9.17) is 0 Å². The highest BCUT2D eigenvalue weighted by atomic mass is 15.2. The molecule has 3 nitrogen and oxygen atoms in total. The van der Waals surface area contributed by atoms with E-state index in [9.17, 15) is 0 Å². The zero-order chi connectivity index (χ0) is 9.97. The first-order chi connectivity index (χ1) is 6.79. The summed E-state index contributed by atoms with van der Waals surface area (Å²) in [4.78, 5) is 6.76. The molecule has 1 aliphatic rings. The van der Waals surface area contributed by atoms with Gasteiger partial charge in [-0.25, -0.2) is 0 Å². The minimum Gasteiger partial charge on any atom is -0.365 e. The second kappa shape index (κ2) is 3.96. The van der Waals surface area contributed by atoms with Crippen LogP contribution in [0.2, 0.25) is 0 Å². The van der Waals surface area contributed by atoms with Crippen molar-refractivity contribution in [2.75, 3.05) is 24.5 Å². The van der Waals surface area contributed by atoms with Crippen molar-refractivity contribution in [1.82, 2.24) is 10.3 Å². The average molecular weight is 191 g/mol. The molecule has 0 saturated carbocycles. The average Bonchev–Trinajstić information content (AvgIpc) is 2.20. The van der Waals surface area contributed by atoms with Gasteiger partial charge in [-0.15, -0.1) is 0 Å². The first kappa shape index (κ1) is 9.46. The number of hydrogen-bond acceptors (Lipinski definition) is 3. The minimum atomic E-state index is 0.562. The molecule has 1 unspecified atom stereocenters. The fraction of sp³-hybridized carbons (Fsp3) is 0.545. The highest BCUT2D eigenvalue weighted by Crippen LogP contribution is 2.20. The molecule has 0 amide bonds. The van der Waals surface area contributed by atoms with Crippen LogP contribution in [0.1, 0.15) is 12.6 Å². The number of anilines is 1. The van der Waals surface area contributed by atoms with E-state index >= 15 is 0 Å². The Morgan fingerprint density at radius 2 is 2.43 bits per heavy atom. The van der Waals surface area contributed by atoms with Crippen molar-refractivity contribution in [3.05, 3.63) is 24.0 Å². The molecule has 14 heavy (non-hydrogen) atoms. The summed E-state index contributed by atoms with van der Waals surface area (Å²) in [6, 6.07) is 4.73. The molecule has 3 heteroatoms. The van der Waals surface area contributed by atoms with Crippen LogP contribution in [-0.2, 0) is 0 Å². The molecule has 0 radical (unpaired) electrons. The summed E-state index contributed by atoms with van der Waals surface area (Å²) in [5.74, 6) is 0. The van der Waals surface area contributed by atoms with Crippen molar-refractivity contribution in [2.45, 2.75) is 19.9 Å². The lowest BCUT2D eigenvalue weighted by Gasteiger charge is -2.36. The van der Waals surface area contributed by atoms with Gasteiger partial charge in [0.05, 0.1) is 11.4 Å². The molecule has 76 valence electrons. The Hall–Kier alpha value is -1.09. The molecule has 2 rings (SSSR count). The molecule has 2 heterocycles. The van der Waals surface area contributed by atoms with Gasteiger partial charge in [-0.05, 0) is 26.0 Å². The van der Waals surface area contributed by atoms with Crippen LogP contribution < -0.4 is 10.2 Å². The Balaban J connectivity index is 2.25. The van der Waals surface area contributed by atoms with Gasteiger partial charge in [0.15, 0.2) is 0 Å². The number of pyridine rings is 1. The Morgan fingerprint density at radius 3 is 3.14 bits per heavy atom. The van der Waals surface area contributed by atoms with E-state index in [-0.39, 0.29) is 0 Å². The second-order valence-electron chi connectivity index (χ2n) is 3.85. The number of aryl methyl sites for hydroxylation is 1. The summed E-state index contributed by atoms with van der Waals surface area (Å²) >= 11 is 0. The highest BCUT2D eigenvalue weighted by Gasteiger charge is 2.19. The quantitative estimate of drug-likeness (QED) is 0.722. The highest BCUT2D eigenvalue weighted by molar-refractivity contribution is 5.51. The fourth-order valence-corrected chi connectivity index (χ4v) is 1.98. The van der Waals surface area contributed by atoms with Crippen molar-refractivity contribution in [1.29, 1.82) is 0 Å². The number of nitrogens with zero attached hydrogens (tertiary/aromatic N) is 2. The Bertz CT molecular complexity index is 311. The normalized spacial score (nSPS) is 22.4. The minimum absolute atomic E-state index is 0.562. The van der Waals surface area contributed by atoms with E-state index in [1.807, 2.05) is 12.3 Å². The summed E-state index contributed by atoms with van der Waals surface area (Å²) in [5.41, 5.74) is 2.41. The van der Waals surface area contributed by atoms with E-state index in [2.05, 4.69) is 35.1 Å². The van der Waals surface area contributed by atoms with Crippen molar-refractivity contribution in [3.63, 3.8) is 0 Å². The molecule has 1 aromatic rings. The van der Waals surface area contributed by atoms with Crippen molar-refractivity contribution in [3.8, 4) is 0 Å². The molecule has 1 atom stereocenters. The number of hydrogen-bond donors (Lipinski definition) is 1. The summed E-state index contributed by atoms with van der Waals surface area (Å²) in [5, 5.41) is 3.39. The zero-order valence-electron chi connectivity index (χ0n) is 8.83. The lowest BCUT2D eigenvalue weighted by Crippen LogP contribution is -2.50. The van der Waals surface area contributed by atoms with Crippen LogP contribution in [0.5, 0.6) is 0 Å². The van der Waals surface area contributed by atoms with E-state index in [0.717, 1.165) is 25.3 Å². The third kappa shape index (κ3) is 1.73. The molecule has 1 saturated heterocycles. The Morgan fingerprint density at radius 1 is 1.57 bits per heavy atom. The van der Waals surface area contributed by atoms with Crippen LogP contribution in [0.25, 0.3) is 0 Å². The van der Waals surface area contributed by atoms with Gasteiger partial charge >= 0.3 is 0 Å². The molecule has 0 bridgehead atoms. The lowest BCUT2D eigenvalue weighted by molar-refractivity contribution is 0.499. The van der Waals surface area contributed by atoms with E-state index in [1.54, 1.807) is 0 Å². The Labute approximate surface area is 85.1 Å². The van der Waals surface area contributed by atoms with Gasteiger partial charge in [-0.1, -0.05) is 0 Å². The maximum atomic E-state index is 4.33. The van der Waals surface area contributed by atoms with Crippen LogP contribution in [0.4, 0.5) is 5.69 Å². The SMILES string of the molecule is Cc1ncccc1N1CCNCC1C. The third-order valence-corrected chi connectivity index (χ3v) is 2.79. The smallest absolute Gasteiger partial charge is 0.0605 e. The molecule has 0 aromatic carbocycles. The molecular weight excluding hydrogens is 174 g/mol. The van der Waals surface area contributed by atoms with Crippen molar-refractivity contribution >= 4 is 5.69 Å². The van der Waals surface area contributed by atoms with Crippen molar-refractivity contribution < 1.29 is 0 Å². The molecule has 1 aromatic heterocycles. The van der Waals surface area contributed by atoms with Gasteiger partial charge in [-0.2, -0.15) is 0 Å². The molecule has 0 aliphatic carbocycles. The largest absolute Gasteiger partial charge is 0.365 e. The summed E-state index contributed by atoms with van der Waals surface area (Å²) in [7, 11) is 0. The molecule has 1 N–H and O–H groups in total. The van der Waals surface area contributed by atoms with Gasteiger partial charge in [-0.3, -0.25) is 4.98 Å². The molecular formula is C11H17N3. The van der Waals surface area contributed by atoms with E-state index < -0.39 is 0 Å². The molecule has 0 spiro atoms. The van der Waals surface area contributed by atoms with Crippen molar-refractivity contribution in [2.24, 2.45) is 0 Å². The summed E-state index contributed by atoms with van der Waals surface area (Å²) in [6.45, 7) is 7.53. The monoisotopic (exact) mass is 191 g/mol. The van der Waals surface area contributed by atoms with Gasteiger partial charge in [0.25, 0.3) is 0 Å². The van der Waals surface area contributed by atoms with E-state index in [1.165, 1.54) is 5.69 Å². The zero-order valence-corrected chi connectivity index (χ0v) is 8.83. The fourth-order valence-electron chi connectivity index (χ4n) is 1.98. The predicted molar refractivity (Wildman–Crippen MR) is 58.7 cm³/mol. The van der Waals surface area contributed by atoms with Gasteiger partial charge in [0.1, 0.15) is 0 Å². The maximum absolute atomic E-state index is 4.33. The standard InChI is InChI=1S/C11H17N3/c1-9-8-12-6-7-14(9)11-4-3-5-13-10(11)2/h3-5,9,12H,6-8H2,1-2H3. The predicted octanol–water partition coefficient (Wildman–Crippen LogP) is 1.19. The van der Waals surface area contributed by atoms with Gasteiger partial charge in [0, 0.05) is 31.9 Å². The molecule has 1 fully saturated rings. The second-order valence-corrected chi connectivity index (χ2v) is 3.85. The topological polar surface area (TPSA) is 28.2 Å². The van der Waals surface area contributed by atoms with Crippen LogP contribution in [0.15, 0.2) is 18.3 Å². The van der Waals surface area contributed by atoms with Crippen LogP contribution in [0, 0.1) is 6.92 Å². The number of nitrogens with one attached hydrogen (secondary N) is 1. The van der Waals surface area contributed by atoms with Crippen LogP contribution in [-0.4, -0.2) is 30.7 Å². The number of rotatable bonds is 1. The van der Waals surface area contributed by atoms with E-state index in [0.29, 0.717) is 6.04 Å². The Kier molecular flexibility index (Phi) is 2.68. The maximum Gasteiger partial charge on any atom is 0.0605 e. The third-order valence-electron chi connectivity index (χ3n) is 2.79. The number of aromatic nitrogens is 1. The van der Waals surface area contributed by atoms with Crippen LogP contribution >= 0.6 is 0 Å². The first-order valence-corrected chi connectivity index (χ1v) is 5.18. The van der Waals surface area contributed by atoms with Crippen LogP contribution in [0.3, 0.4) is 0 Å². The summed E-state index contributed by atoms with van der Waals surface area (Å²) in [6.07, 6.45) is 1.85. The first-order valence-electron chi connectivity index (χ1n) is 5.18. The van der Waals surface area contributed by atoms with Gasteiger partial charge in [0.2, 0.25) is 0 Å². The van der Waals surface area contributed by atoms with Gasteiger partial charge < -0.3 is 10.2 Å². The summed E-state index contributed by atoms with van der Waals surface area (Å²) < 4.78 is 0. The number of piperazine rings is 1. The lowest BCUT2D eigenvalue weighted by atomic mass is 10.1.